The van der Waals surface area contributed by atoms with Crippen LogP contribution in [0.2, 0.25) is 0 Å². The molecule has 5 nitrogen and oxygen atoms in total. The molecule has 2 rings (SSSR count). The first-order chi connectivity index (χ1) is 10.8. The Labute approximate surface area is 138 Å². The molecular formula is C16H26N4OS. The van der Waals surface area contributed by atoms with Crippen molar-refractivity contribution in [2.24, 2.45) is 5.84 Å². The fraction of sp³-hybridized carbons (Fsp3) is 0.562. The molecule has 0 unspecified atom stereocenters. The highest BCUT2D eigenvalue weighted by atomic mass is 32.1. The first-order valence-corrected chi connectivity index (χ1v) is 8.37. The zero-order valence-electron chi connectivity index (χ0n) is 13.0. The van der Waals surface area contributed by atoms with Gasteiger partial charge in [0.2, 0.25) is 0 Å². The van der Waals surface area contributed by atoms with Crippen LogP contribution in [0.25, 0.3) is 0 Å². The van der Waals surface area contributed by atoms with Crippen LogP contribution in [-0.2, 0) is 6.54 Å². The molecule has 1 saturated heterocycles. The third kappa shape index (κ3) is 6.17. The van der Waals surface area contributed by atoms with E-state index in [1.54, 1.807) is 0 Å². The summed E-state index contributed by atoms with van der Waals surface area (Å²) in [6.45, 7) is 4.86. The quantitative estimate of drug-likeness (QED) is 0.308. The molecule has 1 aliphatic rings. The molecule has 6 heteroatoms. The van der Waals surface area contributed by atoms with Crippen LogP contribution in [0.4, 0.5) is 0 Å². The maximum Gasteiger partial charge on any atom is 0.180 e. The topological polar surface area (TPSA) is 62.6 Å². The van der Waals surface area contributed by atoms with Gasteiger partial charge in [-0.2, -0.15) is 0 Å². The first kappa shape index (κ1) is 17.0. The minimum Gasteiger partial charge on any atom is -0.494 e. The lowest BCUT2D eigenvalue weighted by Gasteiger charge is -2.26. The standard InChI is InChI=1S/C16H26N4OS/c17-19-16(22)18-8-5-11-21-15-7-4-6-14(12-15)13-20-9-2-1-3-10-20/h4,6-7,12H,1-3,5,8-11,13,17H2,(H2,18,19,22). The first-order valence-electron chi connectivity index (χ1n) is 7.96. The van der Waals surface area contributed by atoms with Gasteiger partial charge in [-0.3, -0.25) is 4.90 Å². The number of hydrogen-bond acceptors (Lipinski definition) is 4. The Morgan fingerprint density at radius 3 is 2.86 bits per heavy atom. The molecule has 1 heterocycles. The van der Waals surface area contributed by atoms with Crippen molar-refractivity contribution in [3.05, 3.63) is 29.8 Å². The van der Waals surface area contributed by atoms with Gasteiger partial charge < -0.3 is 15.5 Å². The zero-order valence-corrected chi connectivity index (χ0v) is 13.8. The molecule has 0 aliphatic carbocycles. The largest absolute Gasteiger partial charge is 0.494 e. The Morgan fingerprint density at radius 1 is 1.27 bits per heavy atom. The van der Waals surface area contributed by atoms with Crippen molar-refractivity contribution in [2.45, 2.75) is 32.2 Å². The van der Waals surface area contributed by atoms with Gasteiger partial charge in [0.25, 0.3) is 0 Å². The second-order valence-corrected chi connectivity index (χ2v) is 5.99. The number of nitrogens with zero attached hydrogens (tertiary/aromatic N) is 1. The number of piperidine rings is 1. The summed E-state index contributed by atoms with van der Waals surface area (Å²) in [4.78, 5) is 2.52. The fourth-order valence-electron chi connectivity index (χ4n) is 2.62. The van der Waals surface area contributed by atoms with E-state index in [2.05, 4.69) is 33.8 Å². The van der Waals surface area contributed by atoms with Crippen LogP contribution in [-0.4, -0.2) is 36.3 Å². The van der Waals surface area contributed by atoms with E-state index >= 15 is 0 Å². The van der Waals surface area contributed by atoms with Crippen molar-refractivity contribution in [1.29, 1.82) is 0 Å². The van der Waals surface area contributed by atoms with Crippen molar-refractivity contribution >= 4 is 17.3 Å². The summed E-state index contributed by atoms with van der Waals surface area (Å²) in [6.07, 6.45) is 4.89. The Balaban J connectivity index is 1.70. The molecule has 1 aromatic carbocycles. The predicted octanol–water partition coefficient (Wildman–Crippen LogP) is 1.78. The lowest BCUT2D eigenvalue weighted by Crippen LogP contribution is -2.40. The van der Waals surface area contributed by atoms with Gasteiger partial charge in [0, 0.05) is 13.1 Å². The number of thiocarbonyl (C=S) groups is 1. The number of ether oxygens (including phenoxy) is 1. The van der Waals surface area contributed by atoms with E-state index < -0.39 is 0 Å². The van der Waals surface area contributed by atoms with Gasteiger partial charge in [-0.1, -0.05) is 18.6 Å². The average Bonchev–Trinajstić information content (AvgIpc) is 2.55. The van der Waals surface area contributed by atoms with Crippen LogP contribution in [0.1, 0.15) is 31.2 Å². The second kappa shape index (κ2) is 9.61. The number of nitrogens with one attached hydrogen (secondary N) is 2. The van der Waals surface area contributed by atoms with E-state index in [0.717, 1.165) is 25.3 Å². The maximum absolute atomic E-state index is 5.80. The fourth-order valence-corrected chi connectivity index (χ4v) is 2.73. The number of rotatable bonds is 7. The Kier molecular flexibility index (Phi) is 7.42. The van der Waals surface area contributed by atoms with Crippen LogP contribution in [0.15, 0.2) is 24.3 Å². The number of nitrogens with two attached hydrogens (primary N) is 1. The van der Waals surface area contributed by atoms with Crippen molar-refractivity contribution < 1.29 is 4.74 Å². The number of hydrazine groups is 1. The van der Waals surface area contributed by atoms with Crippen molar-refractivity contribution in [2.75, 3.05) is 26.2 Å². The summed E-state index contributed by atoms with van der Waals surface area (Å²) < 4.78 is 5.80. The lowest BCUT2D eigenvalue weighted by atomic mass is 10.1. The Morgan fingerprint density at radius 2 is 2.09 bits per heavy atom. The van der Waals surface area contributed by atoms with E-state index in [1.807, 2.05) is 6.07 Å². The zero-order chi connectivity index (χ0) is 15.6. The van der Waals surface area contributed by atoms with Crippen LogP contribution < -0.4 is 21.3 Å². The monoisotopic (exact) mass is 322 g/mol. The summed E-state index contributed by atoms with van der Waals surface area (Å²) >= 11 is 4.90. The van der Waals surface area contributed by atoms with Gasteiger partial charge in [0.05, 0.1) is 6.61 Å². The number of likely N-dealkylation sites (tertiary alicyclic amines) is 1. The van der Waals surface area contributed by atoms with Gasteiger partial charge in [-0.25, -0.2) is 5.84 Å². The summed E-state index contributed by atoms with van der Waals surface area (Å²) in [5, 5.41) is 3.45. The molecule has 0 atom stereocenters. The van der Waals surface area contributed by atoms with Crippen LogP contribution in [0.5, 0.6) is 5.75 Å². The summed E-state index contributed by atoms with van der Waals surface area (Å²) in [5.41, 5.74) is 3.72. The minimum absolute atomic E-state index is 0.462. The van der Waals surface area contributed by atoms with Crippen molar-refractivity contribution in [3.8, 4) is 5.75 Å². The molecule has 0 spiro atoms. The Hall–Kier alpha value is -1.37. The number of benzene rings is 1. The van der Waals surface area contributed by atoms with Crippen LogP contribution in [0.3, 0.4) is 0 Å². The lowest BCUT2D eigenvalue weighted by molar-refractivity contribution is 0.220. The molecule has 0 bridgehead atoms. The highest BCUT2D eigenvalue weighted by Gasteiger charge is 2.10. The van der Waals surface area contributed by atoms with E-state index in [1.165, 1.54) is 37.9 Å². The normalized spacial score (nSPS) is 15.3. The molecule has 0 aromatic heterocycles. The van der Waals surface area contributed by atoms with Crippen LogP contribution >= 0.6 is 12.2 Å². The van der Waals surface area contributed by atoms with Crippen molar-refractivity contribution in [3.63, 3.8) is 0 Å². The van der Waals surface area contributed by atoms with E-state index in [4.69, 9.17) is 22.8 Å². The summed E-state index contributed by atoms with van der Waals surface area (Å²) in [6, 6.07) is 8.40. The Bertz CT molecular complexity index is 463. The SMILES string of the molecule is NNC(=S)NCCCOc1cccc(CN2CCCCC2)c1. The molecule has 1 fully saturated rings. The van der Waals surface area contributed by atoms with E-state index in [9.17, 15) is 0 Å². The van der Waals surface area contributed by atoms with E-state index in [0.29, 0.717) is 11.7 Å². The molecule has 0 amide bonds. The summed E-state index contributed by atoms with van der Waals surface area (Å²) in [7, 11) is 0. The molecule has 0 saturated carbocycles. The predicted molar refractivity (Wildman–Crippen MR) is 93.6 cm³/mol. The van der Waals surface area contributed by atoms with Gasteiger partial charge >= 0.3 is 0 Å². The molecule has 122 valence electrons. The van der Waals surface area contributed by atoms with Gasteiger partial charge in [-0.15, -0.1) is 0 Å². The minimum atomic E-state index is 0.462. The third-order valence-electron chi connectivity index (χ3n) is 3.76. The van der Waals surface area contributed by atoms with Crippen molar-refractivity contribution in [1.82, 2.24) is 15.6 Å². The average molecular weight is 322 g/mol. The van der Waals surface area contributed by atoms with Gasteiger partial charge in [0.15, 0.2) is 5.11 Å². The summed E-state index contributed by atoms with van der Waals surface area (Å²) in [5.74, 6) is 6.12. The second-order valence-electron chi connectivity index (χ2n) is 5.59. The molecule has 4 N–H and O–H groups in total. The number of hydrogen-bond donors (Lipinski definition) is 3. The molecule has 1 aliphatic heterocycles. The molecule has 1 aromatic rings. The van der Waals surface area contributed by atoms with Crippen LogP contribution in [0, 0.1) is 0 Å². The smallest absolute Gasteiger partial charge is 0.180 e. The molecule has 0 radical (unpaired) electrons. The highest BCUT2D eigenvalue weighted by molar-refractivity contribution is 7.80. The maximum atomic E-state index is 5.80. The highest BCUT2D eigenvalue weighted by Crippen LogP contribution is 2.17. The van der Waals surface area contributed by atoms with E-state index in [-0.39, 0.29) is 0 Å². The third-order valence-corrected chi connectivity index (χ3v) is 4.02. The van der Waals surface area contributed by atoms with Gasteiger partial charge in [-0.05, 0) is 62.3 Å². The van der Waals surface area contributed by atoms with Gasteiger partial charge in [0.1, 0.15) is 5.75 Å². The molecule has 22 heavy (non-hydrogen) atoms. The molecular weight excluding hydrogens is 296 g/mol.